The highest BCUT2D eigenvalue weighted by Gasteiger charge is 2.10. The summed E-state index contributed by atoms with van der Waals surface area (Å²) in [7, 11) is 1.71. The summed E-state index contributed by atoms with van der Waals surface area (Å²) in [6.07, 6.45) is 5.17. The van der Waals surface area contributed by atoms with E-state index in [0.29, 0.717) is 6.54 Å². The first-order chi connectivity index (χ1) is 12.2. The quantitative estimate of drug-likeness (QED) is 0.249. The second kappa shape index (κ2) is 13.2. The van der Waals surface area contributed by atoms with Crippen LogP contribution in [-0.2, 0) is 6.54 Å². The first-order valence-corrected chi connectivity index (χ1v) is 9.61. The summed E-state index contributed by atoms with van der Waals surface area (Å²) in [6, 6.07) is 6.26. The van der Waals surface area contributed by atoms with Gasteiger partial charge in [-0.05, 0) is 70.8 Å². The highest BCUT2D eigenvalue weighted by atomic mass is 127. The molecule has 0 bridgehead atoms. The Morgan fingerprint density at radius 1 is 1.19 bits per heavy atom. The molecule has 0 radical (unpaired) electrons. The fourth-order valence-corrected chi connectivity index (χ4v) is 3.16. The highest BCUT2D eigenvalue weighted by Crippen LogP contribution is 2.20. The predicted molar refractivity (Wildman–Crippen MR) is 121 cm³/mol. The molecule has 2 rings (SSSR count). The molecular formula is C20H35IN4O. The molecule has 0 spiro atoms. The van der Waals surface area contributed by atoms with Crippen LogP contribution in [0.5, 0.6) is 5.75 Å². The molecule has 0 unspecified atom stereocenters. The lowest BCUT2D eigenvalue weighted by atomic mass is 10.1. The largest absolute Gasteiger partial charge is 0.496 e. The van der Waals surface area contributed by atoms with Crippen molar-refractivity contribution in [1.82, 2.24) is 15.5 Å². The number of methoxy groups -OCH3 is 1. The normalized spacial score (nSPS) is 14.8. The molecule has 0 aliphatic carbocycles. The molecule has 0 amide bonds. The number of ether oxygens (including phenoxy) is 1. The van der Waals surface area contributed by atoms with Crippen LogP contribution in [0.3, 0.4) is 0 Å². The third kappa shape index (κ3) is 8.12. The van der Waals surface area contributed by atoms with E-state index in [-0.39, 0.29) is 24.0 Å². The van der Waals surface area contributed by atoms with Crippen LogP contribution in [0.4, 0.5) is 0 Å². The fourth-order valence-electron chi connectivity index (χ4n) is 3.16. The van der Waals surface area contributed by atoms with Gasteiger partial charge in [-0.15, -0.1) is 24.0 Å². The molecule has 148 valence electrons. The van der Waals surface area contributed by atoms with Gasteiger partial charge in [0.1, 0.15) is 5.75 Å². The van der Waals surface area contributed by atoms with Crippen molar-refractivity contribution in [2.24, 2.45) is 4.99 Å². The number of likely N-dealkylation sites (tertiary alicyclic amines) is 1. The molecule has 1 heterocycles. The van der Waals surface area contributed by atoms with Crippen molar-refractivity contribution >= 4 is 29.9 Å². The van der Waals surface area contributed by atoms with Crippen molar-refractivity contribution in [1.29, 1.82) is 0 Å². The predicted octanol–water partition coefficient (Wildman–Crippen LogP) is 3.55. The zero-order chi connectivity index (χ0) is 17.9. The number of benzene rings is 1. The average molecular weight is 474 g/mol. The van der Waals surface area contributed by atoms with E-state index >= 15 is 0 Å². The molecular weight excluding hydrogens is 439 g/mol. The van der Waals surface area contributed by atoms with Gasteiger partial charge in [0.05, 0.1) is 13.7 Å². The smallest absolute Gasteiger partial charge is 0.191 e. The van der Waals surface area contributed by atoms with Gasteiger partial charge >= 0.3 is 0 Å². The van der Waals surface area contributed by atoms with E-state index < -0.39 is 0 Å². The van der Waals surface area contributed by atoms with E-state index in [1.165, 1.54) is 50.9 Å². The molecule has 1 saturated heterocycles. The second-order valence-electron chi connectivity index (χ2n) is 6.69. The Balaban J connectivity index is 0.00000338. The van der Waals surface area contributed by atoms with Gasteiger partial charge in [-0.3, -0.25) is 0 Å². The molecule has 0 aromatic heterocycles. The summed E-state index contributed by atoms with van der Waals surface area (Å²) in [5.74, 6) is 1.79. The molecule has 1 aliphatic heterocycles. The van der Waals surface area contributed by atoms with E-state index in [4.69, 9.17) is 9.73 Å². The fraction of sp³-hybridized carbons (Fsp3) is 0.650. The lowest BCUT2D eigenvalue weighted by Crippen LogP contribution is -2.38. The summed E-state index contributed by atoms with van der Waals surface area (Å²) >= 11 is 0. The van der Waals surface area contributed by atoms with E-state index in [0.717, 1.165) is 30.4 Å². The maximum Gasteiger partial charge on any atom is 0.191 e. The summed E-state index contributed by atoms with van der Waals surface area (Å²) in [4.78, 5) is 7.27. The van der Waals surface area contributed by atoms with Crippen LogP contribution < -0.4 is 15.4 Å². The minimum Gasteiger partial charge on any atom is -0.496 e. The van der Waals surface area contributed by atoms with Gasteiger partial charge in [-0.2, -0.15) is 0 Å². The Morgan fingerprint density at radius 2 is 1.96 bits per heavy atom. The number of aryl methyl sites for hydroxylation is 1. The zero-order valence-corrected chi connectivity index (χ0v) is 18.8. The van der Waals surface area contributed by atoms with Crippen molar-refractivity contribution in [2.45, 2.75) is 46.1 Å². The van der Waals surface area contributed by atoms with Gasteiger partial charge in [-0.1, -0.05) is 12.1 Å². The van der Waals surface area contributed by atoms with Crippen LogP contribution in [0, 0.1) is 6.92 Å². The Morgan fingerprint density at radius 3 is 2.65 bits per heavy atom. The SMILES string of the molecule is CCNC(=NCc1ccc(C)cc1OC)NCCCCN1CCCC1.I. The van der Waals surface area contributed by atoms with Crippen LogP contribution in [0.15, 0.2) is 23.2 Å². The molecule has 0 atom stereocenters. The number of hydrogen-bond acceptors (Lipinski definition) is 3. The van der Waals surface area contributed by atoms with Crippen molar-refractivity contribution in [2.75, 3.05) is 39.8 Å². The van der Waals surface area contributed by atoms with Crippen LogP contribution in [-0.4, -0.2) is 50.7 Å². The Hall–Kier alpha value is -1.02. The molecule has 1 aliphatic rings. The first kappa shape index (κ1) is 23.0. The van der Waals surface area contributed by atoms with Gasteiger partial charge in [-0.25, -0.2) is 4.99 Å². The van der Waals surface area contributed by atoms with Crippen molar-refractivity contribution in [3.63, 3.8) is 0 Å². The zero-order valence-electron chi connectivity index (χ0n) is 16.5. The molecule has 1 aromatic rings. The maximum atomic E-state index is 5.47. The number of unbranched alkanes of at least 4 members (excludes halogenated alkanes) is 1. The minimum absolute atomic E-state index is 0. The maximum absolute atomic E-state index is 5.47. The van der Waals surface area contributed by atoms with Gasteiger partial charge in [0.25, 0.3) is 0 Å². The highest BCUT2D eigenvalue weighted by molar-refractivity contribution is 14.0. The number of halogens is 1. The third-order valence-electron chi connectivity index (χ3n) is 4.59. The van der Waals surface area contributed by atoms with Crippen molar-refractivity contribution < 1.29 is 4.74 Å². The van der Waals surface area contributed by atoms with Crippen LogP contribution in [0.1, 0.15) is 43.7 Å². The first-order valence-electron chi connectivity index (χ1n) is 9.61. The van der Waals surface area contributed by atoms with E-state index in [9.17, 15) is 0 Å². The topological polar surface area (TPSA) is 48.9 Å². The number of guanidine groups is 1. The minimum atomic E-state index is 0. The molecule has 1 fully saturated rings. The number of aliphatic imine (C=N–C) groups is 1. The number of rotatable bonds is 9. The monoisotopic (exact) mass is 474 g/mol. The van der Waals surface area contributed by atoms with Gasteiger partial charge < -0.3 is 20.3 Å². The van der Waals surface area contributed by atoms with Gasteiger partial charge in [0.2, 0.25) is 0 Å². The summed E-state index contributed by atoms with van der Waals surface area (Å²) in [5.41, 5.74) is 2.31. The molecule has 2 N–H and O–H groups in total. The van der Waals surface area contributed by atoms with E-state index in [1.54, 1.807) is 7.11 Å². The average Bonchev–Trinajstić information content (AvgIpc) is 3.13. The number of hydrogen-bond donors (Lipinski definition) is 2. The molecule has 6 heteroatoms. The van der Waals surface area contributed by atoms with E-state index in [1.807, 2.05) is 0 Å². The summed E-state index contributed by atoms with van der Waals surface area (Å²) in [6.45, 7) is 10.4. The van der Waals surface area contributed by atoms with Gasteiger partial charge in [0.15, 0.2) is 5.96 Å². The molecule has 0 saturated carbocycles. The Labute approximate surface area is 176 Å². The van der Waals surface area contributed by atoms with Crippen LogP contribution in [0.2, 0.25) is 0 Å². The molecule has 1 aromatic carbocycles. The lowest BCUT2D eigenvalue weighted by molar-refractivity contribution is 0.330. The van der Waals surface area contributed by atoms with Crippen LogP contribution >= 0.6 is 24.0 Å². The van der Waals surface area contributed by atoms with E-state index in [2.05, 4.69) is 47.6 Å². The Bertz CT molecular complexity index is 545. The summed E-state index contributed by atoms with van der Waals surface area (Å²) in [5, 5.41) is 6.77. The standard InChI is InChI=1S/C20H34N4O.HI/c1-4-21-20(22-11-5-6-12-24-13-7-8-14-24)23-16-18-10-9-17(2)15-19(18)25-3;/h9-10,15H,4-8,11-14,16H2,1-3H3,(H2,21,22,23);1H. The molecule has 26 heavy (non-hydrogen) atoms. The molecule has 5 nitrogen and oxygen atoms in total. The lowest BCUT2D eigenvalue weighted by Gasteiger charge is -2.15. The van der Waals surface area contributed by atoms with Crippen LogP contribution in [0.25, 0.3) is 0 Å². The van der Waals surface area contributed by atoms with Crippen molar-refractivity contribution in [3.05, 3.63) is 29.3 Å². The number of nitrogens with zero attached hydrogens (tertiary/aromatic N) is 2. The second-order valence-corrected chi connectivity index (χ2v) is 6.69. The van der Waals surface area contributed by atoms with Crippen molar-refractivity contribution in [3.8, 4) is 5.75 Å². The van der Waals surface area contributed by atoms with Gasteiger partial charge in [0, 0.05) is 18.7 Å². The summed E-state index contributed by atoms with van der Waals surface area (Å²) < 4.78 is 5.47. The third-order valence-corrected chi connectivity index (χ3v) is 4.59. The number of nitrogens with one attached hydrogen (secondary N) is 2. The Kier molecular flexibility index (Phi) is 11.7.